The van der Waals surface area contributed by atoms with Crippen LogP contribution in [0.2, 0.25) is 0 Å². The van der Waals surface area contributed by atoms with Crippen molar-refractivity contribution < 1.29 is 19.4 Å². The van der Waals surface area contributed by atoms with E-state index in [1.165, 1.54) is 0 Å². The van der Waals surface area contributed by atoms with Crippen molar-refractivity contribution in [2.75, 3.05) is 38.4 Å². The first kappa shape index (κ1) is 11.5. The van der Waals surface area contributed by atoms with Crippen molar-refractivity contribution in [3.05, 3.63) is 23.8 Å². The Kier molecular flexibility index (Phi) is 2.53. The maximum absolute atomic E-state index is 11.6. The fourth-order valence-corrected chi connectivity index (χ4v) is 2.30. The largest absolute Gasteiger partial charge is 0.482 e. The number of aliphatic hydroxyl groups is 1. The van der Waals surface area contributed by atoms with Gasteiger partial charge in [-0.2, -0.15) is 0 Å². The molecule has 0 atom stereocenters. The lowest BCUT2D eigenvalue weighted by Gasteiger charge is -2.41. The molecule has 1 N–H and O–H groups in total. The van der Waals surface area contributed by atoms with Gasteiger partial charge in [0.25, 0.3) is 5.91 Å². The van der Waals surface area contributed by atoms with E-state index in [9.17, 15) is 9.90 Å². The summed E-state index contributed by atoms with van der Waals surface area (Å²) in [7, 11) is 1.73. The quantitative estimate of drug-likeness (QED) is 0.819. The molecule has 0 aromatic heterocycles. The van der Waals surface area contributed by atoms with Crippen molar-refractivity contribution in [3.8, 4) is 5.75 Å². The number of fused-ring (bicyclic) bond motifs is 1. The Morgan fingerprint density at radius 2 is 2.22 bits per heavy atom. The standard InChI is InChI=1S/C13H15NO4/c1-14-10-4-9(13(6-15)7-17-8-13)2-3-11(10)18-5-12(14)16/h2-4,15H,5-8H2,1H3. The first-order valence-electron chi connectivity index (χ1n) is 5.89. The molecular formula is C13H15NO4. The van der Waals surface area contributed by atoms with Gasteiger partial charge in [-0.25, -0.2) is 0 Å². The van der Waals surface area contributed by atoms with E-state index < -0.39 is 0 Å². The molecular weight excluding hydrogens is 234 g/mol. The minimum absolute atomic E-state index is 0.0459. The highest BCUT2D eigenvalue weighted by Gasteiger charge is 2.40. The van der Waals surface area contributed by atoms with Crippen molar-refractivity contribution in [1.82, 2.24) is 0 Å². The second kappa shape index (κ2) is 3.96. The molecule has 0 radical (unpaired) electrons. The third-order valence-corrected chi connectivity index (χ3v) is 3.72. The van der Waals surface area contributed by atoms with Crippen molar-refractivity contribution in [1.29, 1.82) is 0 Å². The summed E-state index contributed by atoms with van der Waals surface area (Å²) in [5.41, 5.74) is 1.42. The number of carbonyl (C=O) groups excluding carboxylic acids is 1. The average molecular weight is 249 g/mol. The number of anilines is 1. The number of carbonyl (C=O) groups is 1. The molecule has 0 spiro atoms. The zero-order chi connectivity index (χ0) is 12.8. The monoisotopic (exact) mass is 249 g/mol. The molecule has 5 nitrogen and oxygen atoms in total. The summed E-state index contributed by atoms with van der Waals surface area (Å²) in [5.74, 6) is 0.636. The predicted octanol–water partition coefficient (Wildman–Crippen LogP) is 0.302. The topological polar surface area (TPSA) is 59.0 Å². The van der Waals surface area contributed by atoms with Crippen LogP contribution in [0.1, 0.15) is 5.56 Å². The number of rotatable bonds is 2. The van der Waals surface area contributed by atoms with Crippen LogP contribution in [-0.2, 0) is 14.9 Å². The van der Waals surface area contributed by atoms with Gasteiger partial charge in [0.1, 0.15) is 5.75 Å². The highest BCUT2D eigenvalue weighted by Crippen LogP contribution is 2.38. The third kappa shape index (κ3) is 1.51. The average Bonchev–Trinajstić information content (AvgIpc) is 2.34. The van der Waals surface area contributed by atoms with Gasteiger partial charge in [0.15, 0.2) is 6.61 Å². The summed E-state index contributed by atoms with van der Waals surface area (Å²) in [6.07, 6.45) is 0. The van der Waals surface area contributed by atoms with Crippen LogP contribution in [0.5, 0.6) is 5.75 Å². The molecule has 0 saturated carbocycles. The van der Waals surface area contributed by atoms with Gasteiger partial charge < -0.3 is 19.5 Å². The second-order valence-electron chi connectivity index (χ2n) is 4.86. The lowest BCUT2D eigenvalue weighted by Crippen LogP contribution is -2.49. The van der Waals surface area contributed by atoms with Crippen molar-refractivity contribution >= 4 is 11.6 Å². The maximum Gasteiger partial charge on any atom is 0.264 e. The molecule has 1 aromatic rings. The maximum atomic E-state index is 11.6. The van der Waals surface area contributed by atoms with Crippen LogP contribution in [0.15, 0.2) is 18.2 Å². The Labute approximate surface area is 105 Å². The van der Waals surface area contributed by atoms with Crippen LogP contribution in [0.4, 0.5) is 5.69 Å². The number of benzene rings is 1. The highest BCUT2D eigenvalue weighted by molar-refractivity contribution is 5.97. The zero-order valence-electron chi connectivity index (χ0n) is 10.2. The third-order valence-electron chi connectivity index (χ3n) is 3.72. The lowest BCUT2D eigenvalue weighted by atomic mass is 9.79. The van der Waals surface area contributed by atoms with Gasteiger partial charge in [-0.3, -0.25) is 4.79 Å². The molecule has 2 aliphatic heterocycles. The lowest BCUT2D eigenvalue weighted by molar-refractivity contribution is -0.121. The number of hydrogen-bond donors (Lipinski definition) is 1. The molecule has 1 saturated heterocycles. The van der Waals surface area contributed by atoms with Gasteiger partial charge in [0, 0.05) is 7.05 Å². The minimum atomic E-state index is -0.323. The molecule has 2 aliphatic rings. The SMILES string of the molecule is CN1C(=O)COc2ccc(C3(CO)COC3)cc21. The zero-order valence-corrected chi connectivity index (χ0v) is 10.2. The molecule has 0 aliphatic carbocycles. The Morgan fingerprint density at radius 3 is 2.83 bits per heavy atom. The summed E-state index contributed by atoms with van der Waals surface area (Å²) in [5, 5.41) is 9.52. The van der Waals surface area contributed by atoms with Crippen LogP contribution in [0.3, 0.4) is 0 Å². The number of amides is 1. The normalized spacial score (nSPS) is 21.0. The van der Waals surface area contributed by atoms with E-state index in [0.717, 1.165) is 11.3 Å². The Hall–Kier alpha value is -1.59. The smallest absolute Gasteiger partial charge is 0.264 e. The van der Waals surface area contributed by atoms with Gasteiger partial charge in [0.2, 0.25) is 0 Å². The molecule has 0 unspecified atom stereocenters. The van der Waals surface area contributed by atoms with Crippen LogP contribution in [0.25, 0.3) is 0 Å². The first-order valence-corrected chi connectivity index (χ1v) is 5.89. The molecule has 18 heavy (non-hydrogen) atoms. The van der Waals surface area contributed by atoms with E-state index in [1.807, 2.05) is 18.2 Å². The summed E-state index contributed by atoms with van der Waals surface area (Å²) >= 11 is 0. The van der Waals surface area contributed by atoms with E-state index in [4.69, 9.17) is 9.47 Å². The van der Waals surface area contributed by atoms with Gasteiger partial charge in [-0.15, -0.1) is 0 Å². The molecule has 1 fully saturated rings. The Bertz CT molecular complexity index is 490. The van der Waals surface area contributed by atoms with E-state index in [0.29, 0.717) is 19.0 Å². The summed E-state index contributed by atoms with van der Waals surface area (Å²) in [6, 6.07) is 5.69. The molecule has 2 heterocycles. The Morgan fingerprint density at radius 1 is 1.44 bits per heavy atom. The van der Waals surface area contributed by atoms with E-state index in [-0.39, 0.29) is 24.5 Å². The fourth-order valence-electron chi connectivity index (χ4n) is 2.30. The van der Waals surface area contributed by atoms with Crippen molar-refractivity contribution in [3.63, 3.8) is 0 Å². The second-order valence-corrected chi connectivity index (χ2v) is 4.86. The first-order chi connectivity index (χ1) is 8.66. The summed E-state index contributed by atoms with van der Waals surface area (Å²) in [4.78, 5) is 13.2. The highest BCUT2D eigenvalue weighted by atomic mass is 16.5. The number of aliphatic hydroxyl groups excluding tert-OH is 1. The van der Waals surface area contributed by atoms with Crippen molar-refractivity contribution in [2.24, 2.45) is 0 Å². The minimum Gasteiger partial charge on any atom is -0.482 e. The van der Waals surface area contributed by atoms with E-state index in [1.54, 1.807) is 11.9 Å². The fraction of sp³-hybridized carbons (Fsp3) is 0.462. The van der Waals surface area contributed by atoms with Crippen LogP contribution in [-0.4, -0.2) is 44.5 Å². The molecule has 3 rings (SSSR count). The predicted molar refractivity (Wildman–Crippen MR) is 64.9 cm³/mol. The van der Waals surface area contributed by atoms with Crippen LogP contribution >= 0.6 is 0 Å². The van der Waals surface area contributed by atoms with E-state index in [2.05, 4.69) is 0 Å². The Balaban J connectivity index is 2.02. The number of ether oxygens (including phenoxy) is 2. The van der Waals surface area contributed by atoms with Crippen molar-refractivity contribution in [2.45, 2.75) is 5.41 Å². The van der Waals surface area contributed by atoms with Gasteiger partial charge >= 0.3 is 0 Å². The van der Waals surface area contributed by atoms with E-state index >= 15 is 0 Å². The molecule has 1 amide bonds. The summed E-state index contributed by atoms with van der Waals surface area (Å²) in [6.45, 7) is 1.16. The summed E-state index contributed by atoms with van der Waals surface area (Å²) < 4.78 is 10.6. The number of likely N-dealkylation sites (N-methyl/N-ethyl adjacent to an activating group) is 1. The number of nitrogens with zero attached hydrogens (tertiary/aromatic N) is 1. The molecule has 5 heteroatoms. The molecule has 96 valence electrons. The van der Waals surface area contributed by atoms with Gasteiger partial charge in [0.05, 0.1) is 30.9 Å². The number of hydrogen-bond acceptors (Lipinski definition) is 4. The van der Waals surface area contributed by atoms with Crippen LogP contribution < -0.4 is 9.64 Å². The molecule has 0 bridgehead atoms. The van der Waals surface area contributed by atoms with Crippen LogP contribution in [0, 0.1) is 0 Å². The molecule has 1 aromatic carbocycles. The van der Waals surface area contributed by atoms with Gasteiger partial charge in [-0.1, -0.05) is 6.07 Å². The van der Waals surface area contributed by atoms with Gasteiger partial charge in [-0.05, 0) is 17.7 Å².